The first-order chi connectivity index (χ1) is 12.1. The van der Waals surface area contributed by atoms with E-state index in [-0.39, 0.29) is 10.8 Å². The van der Waals surface area contributed by atoms with Crippen LogP contribution in [0.15, 0.2) is 35.2 Å². The number of hydrogen-bond donors (Lipinski definition) is 1. The highest BCUT2D eigenvalue weighted by Crippen LogP contribution is 2.26. The van der Waals surface area contributed by atoms with Gasteiger partial charge in [-0.15, -0.1) is 0 Å². The molecule has 5 nitrogen and oxygen atoms in total. The molecule has 1 aromatic carbocycles. The van der Waals surface area contributed by atoms with E-state index in [1.807, 2.05) is 0 Å². The van der Waals surface area contributed by atoms with Gasteiger partial charge in [-0.3, -0.25) is 4.79 Å². The van der Waals surface area contributed by atoms with Crippen LogP contribution in [0.25, 0.3) is 0 Å². The molecule has 6 heteroatoms. The number of benzene rings is 1. The molecule has 1 heterocycles. The van der Waals surface area contributed by atoms with Crippen molar-refractivity contribution < 1.29 is 13.2 Å². The summed E-state index contributed by atoms with van der Waals surface area (Å²) in [5.41, 5.74) is 0. The maximum Gasteiger partial charge on any atom is 0.243 e. The summed E-state index contributed by atoms with van der Waals surface area (Å²) in [6, 6.07) is 7.85. The van der Waals surface area contributed by atoms with Crippen molar-refractivity contribution in [1.82, 2.24) is 9.62 Å². The topological polar surface area (TPSA) is 66.5 Å². The zero-order valence-electron chi connectivity index (χ0n) is 14.7. The van der Waals surface area contributed by atoms with Crippen LogP contribution in [-0.4, -0.2) is 37.8 Å². The molecular weight excluding hydrogens is 336 g/mol. The molecular formula is C19H28N2O3S. The fourth-order valence-electron chi connectivity index (χ4n) is 3.94. The monoisotopic (exact) mass is 364 g/mol. The van der Waals surface area contributed by atoms with Crippen LogP contribution in [0.5, 0.6) is 0 Å². The van der Waals surface area contributed by atoms with E-state index in [9.17, 15) is 13.2 Å². The van der Waals surface area contributed by atoms with Crippen molar-refractivity contribution >= 4 is 15.9 Å². The standard InChI is InChI=1S/C19H28N2O3S/c22-19(20-15-16-9-3-1-4-10-16)18-13-7-8-14-21(18)25(23,24)17-11-5-2-6-12-17/h2,5-6,11-12,16,18H,1,3-4,7-10,13-15H2,(H,20,22). The lowest BCUT2D eigenvalue weighted by Crippen LogP contribution is -2.52. The fourth-order valence-corrected chi connectivity index (χ4v) is 5.61. The van der Waals surface area contributed by atoms with E-state index in [4.69, 9.17) is 0 Å². The van der Waals surface area contributed by atoms with Crippen LogP contribution in [0.3, 0.4) is 0 Å². The SMILES string of the molecule is O=C(NCC1CCCCC1)C1CCCCN1S(=O)(=O)c1ccccc1. The van der Waals surface area contributed by atoms with E-state index in [1.165, 1.54) is 23.6 Å². The Morgan fingerprint density at radius 3 is 2.40 bits per heavy atom. The quantitative estimate of drug-likeness (QED) is 0.873. The van der Waals surface area contributed by atoms with Gasteiger partial charge in [0.05, 0.1) is 4.90 Å². The molecule has 138 valence electrons. The molecule has 0 aromatic heterocycles. The largest absolute Gasteiger partial charge is 0.354 e. The highest BCUT2D eigenvalue weighted by atomic mass is 32.2. The lowest BCUT2D eigenvalue weighted by molar-refractivity contribution is -0.125. The van der Waals surface area contributed by atoms with E-state index in [2.05, 4.69) is 5.32 Å². The molecule has 2 aliphatic rings. The maximum absolute atomic E-state index is 13.0. The second-order valence-electron chi connectivity index (χ2n) is 7.19. The van der Waals surface area contributed by atoms with Gasteiger partial charge in [0.25, 0.3) is 0 Å². The van der Waals surface area contributed by atoms with Gasteiger partial charge in [0, 0.05) is 13.1 Å². The Morgan fingerprint density at radius 2 is 1.68 bits per heavy atom. The first kappa shape index (κ1) is 18.4. The van der Waals surface area contributed by atoms with Crippen molar-refractivity contribution in [1.29, 1.82) is 0 Å². The van der Waals surface area contributed by atoms with Gasteiger partial charge in [-0.05, 0) is 43.7 Å². The van der Waals surface area contributed by atoms with Crippen molar-refractivity contribution in [2.24, 2.45) is 5.92 Å². The predicted octanol–water partition coefficient (Wildman–Crippen LogP) is 2.93. The van der Waals surface area contributed by atoms with Gasteiger partial charge in [0.1, 0.15) is 6.04 Å². The second kappa shape index (κ2) is 8.32. The average molecular weight is 365 g/mol. The van der Waals surface area contributed by atoms with E-state index in [0.29, 0.717) is 25.4 Å². The molecule has 1 atom stereocenters. The third kappa shape index (κ3) is 4.42. The van der Waals surface area contributed by atoms with Crippen molar-refractivity contribution in [3.63, 3.8) is 0 Å². The van der Waals surface area contributed by atoms with Crippen LogP contribution < -0.4 is 5.32 Å². The van der Waals surface area contributed by atoms with Crippen LogP contribution in [0, 0.1) is 5.92 Å². The minimum Gasteiger partial charge on any atom is -0.354 e. The van der Waals surface area contributed by atoms with E-state index in [0.717, 1.165) is 25.7 Å². The zero-order valence-corrected chi connectivity index (χ0v) is 15.5. The molecule has 1 N–H and O–H groups in total. The summed E-state index contributed by atoms with van der Waals surface area (Å²) in [6.07, 6.45) is 8.38. The molecule has 2 fully saturated rings. The van der Waals surface area contributed by atoms with Gasteiger partial charge < -0.3 is 5.32 Å². The third-order valence-corrected chi connectivity index (χ3v) is 7.32. The molecule has 1 aromatic rings. The van der Waals surface area contributed by atoms with Gasteiger partial charge in [-0.1, -0.05) is 43.9 Å². The Bertz CT molecular complexity index is 669. The molecule has 1 aliphatic carbocycles. The lowest BCUT2D eigenvalue weighted by Gasteiger charge is -2.34. The van der Waals surface area contributed by atoms with Crippen LogP contribution in [0.1, 0.15) is 51.4 Å². The molecule has 1 unspecified atom stereocenters. The Hall–Kier alpha value is -1.40. The van der Waals surface area contributed by atoms with Crippen LogP contribution in [0.2, 0.25) is 0 Å². The van der Waals surface area contributed by atoms with E-state index < -0.39 is 16.1 Å². The molecule has 1 saturated carbocycles. The Kier molecular flexibility index (Phi) is 6.12. The smallest absolute Gasteiger partial charge is 0.243 e. The number of hydrogen-bond acceptors (Lipinski definition) is 3. The molecule has 1 aliphatic heterocycles. The summed E-state index contributed by atoms with van der Waals surface area (Å²) >= 11 is 0. The zero-order chi connectivity index (χ0) is 17.7. The summed E-state index contributed by atoms with van der Waals surface area (Å²) in [7, 11) is -3.63. The van der Waals surface area contributed by atoms with E-state index in [1.54, 1.807) is 30.3 Å². The van der Waals surface area contributed by atoms with Crippen LogP contribution in [0.4, 0.5) is 0 Å². The van der Waals surface area contributed by atoms with Gasteiger partial charge in [-0.2, -0.15) is 4.31 Å². The number of nitrogens with zero attached hydrogens (tertiary/aromatic N) is 1. The van der Waals surface area contributed by atoms with Gasteiger partial charge in [0.15, 0.2) is 0 Å². The highest BCUT2D eigenvalue weighted by molar-refractivity contribution is 7.89. The normalized spacial score (nSPS) is 23.3. The number of rotatable bonds is 5. The number of nitrogens with one attached hydrogen (secondary N) is 1. The Labute approximate surface area is 150 Å². The number of sulfonamides is 1. The van der Waals surface area contributed by atoms with Crippen molar-refractivity contribution in [2.45, 2.75) is 62.3 Å². The predicted molar refractivity (Wildman–Crippen MR) is 97.6 cm³/mol. The second-order valence-corrected chi connectivity index (χ2v) is 9.08. The number of piperidine rings is 1. The summed E-state index contributed by atoms with van der Waals surface area (Å²) in [4.78, 5) is 13.0. The molecule has 1 saturated heterocycles. The minimum atomic E-state index is -3.63. The molecule has 0 radical (unpaired) electrons. The minimum absolute atomic E-state index is 0.134. The summed E-state index contributed by atoms with van der Waals surface area (Å²) < 4.78 is 27.3. The average Bonchev–Trinajstić information content (AvgIpc) is 2.67. The van der Waals surface area contributed by atoms with Crippen molar-refractivity contribution in [3.8, 4) is 0 Å². The molecule has 25 heavy (non-hydrogen) atoms. The first-order valence-electron chi connectivity index (χ1n) is 9.43. The van der Waals surface area contributed by atoms with Crippen LogP contribution >= 0.6 is 0 Å². The maximum atomic E-state index is 13.0. The van der Waals surface area contributed by atoms with Crippen molar-refractivity contribution in [2.75, 3.05) is 13.1 Å². The Morgan fingerprint density at radius 1 is 1.00 bits per heavy atom. The van der Waals surface area contributed by atoms with Gasteiger partial charge >= 0.3 is 0 Å². The molecule has 3 rings (SSSR count). The summed E-state index contributed by atoms with van der Waals surface area (Å²) in [5.74, 6) is 0.408. The first-order valence-corrected chi connectivity index (χ1v) is 10.9. The molecule has 0 spiro atoms. The van der Waals surface area contributed by atoms with Gasteiger partial charge in [-0.25, -0.2) is 8.42 Å². The lowest BCUT2D eigenvalue weighted by atomic mass is 9.89. The summed E-state index contributed by atoms with van der Waals surface area (Å²) in [5, 5.41) is 3.03. The molecule has 1 amide bonds. The number of carbonyl (C=O) groups excluding carboxylic acids is 1. The molecule has 0 bridgehead atoms. The third-order valence-electron chi connectivity index (χ3n) is 5.40. The fraction of sp³-hybridized carbons (Fsp3) is 0.632. The Balaban J connectivity index is 1.68. The van der Waals surface area contributed by atoms with Crippen molar-refractivity contribution in [3.05, 3.63) is 30.3 Å². The van der Waals surface area contributed by atoms with Crippen LogP contribution in [-0.2, 0) is 14.8 Å². The highest BCUT2D eigenvalue weighted by Gasteiger charge is 2.37. The summed E-state index contributed by atoms with van der Waals surface area (Å²) in [6.45, 7) is 1.09. The van der Waals surface area contributed by atoms with E-state index >= 15 is 0 Å². The van der Waals surface area contributed by atoms with Gasteiger partial charge in [0.2, 0.25) is 15.9 Å². The number of amides is 1. The number of carbonyl (C=O) groups is 1.